The fourth-order valence-corrected chi connectivity index (χ4v) is 3.41. The molecule has 6 heteroatoms. The molecule has 3 N–H and O–H groups in total. The first-order chi connectivity index (χ1) is 10.1. The van der Waals surface area contributed by atoms with Gasteiger partial charge < -0.3 is 15.7 Å². The first-order valence-corrected chi connectivity index (χ1v) is 7.96. The average Bonchev–Trinajstić information content (AvgIpc) is 2.34. The summed E-state index contributed by atoms with van der Waals surface area (Å²) in [5.41, 5.74) is -1.05. The molecule has 124 valence electrons. The van der Waals surface area contributed by atoms with Crippen LogP contribution >= 0.6 is 0 Å². The van der Waals surface area contributed by atoms with Crippen LogP contribution in [0, 0.1) is 10.8 Å². The highest BCUT2D eigenvalue weighted by molar-refractivity contribution is 5.86. The van der Waals surface area contributed by atoms with Gasteiger partial charge in [0.25, 0.3) is 0 Å². The third-order valence-corrected chi connectivity index (χ3v) is 4.94. The Morgan fingerprint density at radius 2 is 2.00 bits per heavy atom. The first-order valence-electron chi connectivity index (χ1n) is 7.96. The molecule has 1 saturated carbocycles. The summed E-state index contributed by atoms with van der Waals surface area (Å²) in [6.07, 6.45) is 3.02. The zero-order valence-corrected chi connectivity index (χ0v) is 13.6. The van der Waals surface area contributed by atoms with Gasteiger partial charge in [-0.25, -0.2) is 0 Å². The third-order valence-electron chi connectivity index (χ3n) is 4.94. The Balaban J connectivity index is 2.00. The lowest BCUT2D eigenvalue weighted by Gasteiger charge is -2.42. The summed E-state index contributed by atoms with van der Waals surface area (Å²) < 4.78 is 0. The molecule has 6 nitrogen and oxygen atoms in total. The van der Waals surface area contributed by atoms with Crippen molar-refractivity contribution in [3.05, 3.63) is 0 Å². The third kappa shape index (κ3) is 3.42. The number of hydrogen-bond donors (Lipinski definition) is 3. The fourth-order valence-electron chi connectivity index (χ4n) is 3.41. The normalized spacial score (nSPS) is 27.5. The van der Waals surface area contributed by atoms with Crippen LogP contribution in [0.2, 0.25) is 0 Å². The van der Waals surface area contributed by atoms with Gasteiger partial charge in [0.2, 0.25) is 11.8 Å². The number of amides is 2. The van der Waals surface area contributed by atoms with E-state index in [0.717, 1.165) is 6.42 Å². The molecule has 22 heavy (non-hydrogen) atoms. The molecule has 1 heterocycles. The summed E-state index contributed by atoms with van der Waals surface area (Å²) in [6, 6.07) is -0.281. The number of aliphatic carboxylic acids is 1. The Kier molecular flexibility index (Phi) is 4.49. The molecule has 2 rings (SSSR count). The summed E-state index contributed by atoms with van der Waals surface area (Å²) >= 11 is 0. The molecule has 0 bridgehead atoms. The number of carboxylic acid groups (broad SMARTS) is 1. The van der Waals surface area contributed by atoms with Crippen molar-refractivity contribution in [3.8, 4) is 0 Å². The van der Waals surface area contributed by atoms with E-state index in [1.807, 2.05) is 20.8 Å². The quantitative estimate of drug-likeness (QED) is 0.732. The Morgan fingerprint density at radius 1 is 1.36 bits per heavy atom. The van der Waals surface area contributed by atoms with Crippen LogP contribution in [0.5, 0.6) is 0 Å². The van der Waals surface area contributed by atoms with E-state index in [2.05, 4.69) is 10.6 Å². The van der Waals surface area contributed by atoms with E-state index in [1.165, 1.54) is 0 Å². The molecule has 2 aliphatic rings. The number of hydrogen-bond acceptors (Lipinski definition) is 3. The van der Waals surface area contributed by atoms with Gasteiger partial charge in [0.15, 0.2) is 0 Å². The number of carboxylic acids is 1. The zero-order chi connectivity index (χ0) is 16.5. The topological polar surface area (TPSA) is 95.5 Å². The molecule has 1 aliphatic carbocycles. The smallest absolute Gasteiger partial charge is 0.310 e. The maximum atomic E-state index is 12.3. The molecule has 0 spiro atoms. The van der Waals surface area contributed by atoms with Gasteiger partial charge >= 0.3 is 5.97 Å². The molecule has 0 aromatic heterocycles. The minimum absolute atomic E-state index is 0.00595. The second-order valence-corrected chi connectivity index (χ2v) is 7.74. The van der Waals surface area contributed by atoms with Crippen LogP contribution in [0.25, 0.3) is 0 Å². The summed E-state index contributed by atoms with van der Waals surface area (Å²) in [4.78, 5) is 35.3. The van der Waals surface area contributed by atoms with Crippen molar-refractivity contribution in [1.82, 2.24) is 10.6 Å². The van der Waals surface area contributed by atoms with Crippen LogP contribution in [0.4, 0.5) is 0 Å². The highest BCUT2D eigenvalue weighted by Gasteiger charge is 2.46. The van der Waals surface area contributed by atoms with Gasteiger partial charge in [-0.05, 0) is 24.7 Å². The second kappa shape index (κ2) is 5.89. The Bertz CT molecular complexity index is 477. The van der Waals surface area contributed by atoms with Crippen molar-refractivity contribution < 1.29 is 19.5 Å². The Hall–Kier alpha value is -1.59. The standard InChI is InChI=1S/C16H26N2O4/c1-15(2,3)13-10(5-6-11(19)18-13)17-12(20)9-16(14(21)22)7-4-8-16/h10,13H,4-9H2,1-3H3,(H,17,20)(H,18,19)(H,21,22)/t10-,13-/m1/s1. The van der Waals surface area contributed by atoms with Crippen molar-refractivity contribution in [2.45, 2.75) is 71.4 Å². The molecule has 2 fully saturated rings. The molecule has 2 amide bonds. The molecular formula is C16H26N2O4. The van der Waals surface area contributed by atoms with Crippen LogP contribution in [0.15, 0.2) is 0 Å². The summed E-state index contributed by atoms with van der Waals surface area (Å²) in [5.74, 6) is -1.10. The van der Waals surface area contributed by atoms with Crippen molar-refractivity contribution in [2.24, 2.45) is 10.8 Å². The highest BCUT2D eigenvalue weighted by atomic mass is 16.4. The fraction of sp³-hybridized carbons (Fsp3) is 0.812. The molecule has 0 aromatic carbocycles. The molecular weight excluding hydrogens is 284 g/mol. The van der Waals surface area contributed by atoms with Gasteiger partial charge in [-0.1, -0.05) is 27.2 Å². The van der Waals surface area contributed by atoms with Gasteiger partial charge in [0, 0.05) is 12.8 Å². The lowest BCUT2D eigenvalue weighted by atomic mass is 9.66. The van der Waals surface area contributed by atoms with E-state index in [0.29, 0.717) is 25.7 Å². The zero-order valence-electron chi connectivity index (χ0n) is 13.6. The minimum atomic E-state index is -0.877. The van der Waals surface area contributed by atoms with Crippen LogP contribution in [0.1, 0.15) is 59.3 Å². The van der Waals surface area contributed by atoms with Crippen molar-refractivity contribution in [2.75, 3.05) is 0 Å². The molecule has 2 atom stereocenters. The molecule has 0 aromatic rings. The second-order valence-electron chi connectivity index (χ2n) is 7.74. The molecule has 1 saturated heterocycles. The molecule has 0 radical (unpaired) electrons. The lowest BCUT2D eigenvalue weighted by Crippen LogP contribution is -2.60. The van der Waals surface area contributed by atoms with Crippen LogP contribution < -0.4 is 10.6 Å². The summed E-state index contributed by atoms with van der Waals surface area (Å²) in [7, 11) is 0. The predicted octanol–water partition coefficient (Wildman–Crippen LogP) is 1.44. The van der Waals surface area contributed by atoms with Crippen molar-refractivity contribution in [3.63, 3.8) is 0 Å². The summed E-state index contributed by atoms with van der Waals surface area (Å²) in [6.45, 7) is 6.06. The highest BCUT2D eigenvalue weighted by Crippen LogP contribution is 2.44. The van der Waals surface area contributed by atoms with E-state index in [4.69, 9.17) is 0 Å². The number of rotatable bonds is 4. The van der Waals surface area contributed by atoms with E-state index in [-0.39, 0.29) is 35.7 Å². The first kappa shape index (κ1) is 16.8. The van der Waals surface area contributed by atoms with Gasteiger partial charge in [-0.3, -0.25) is 14.4 Å². The van der Waals surface area contributed by atoms with Crippen LogP contribution in [-0.2, 0) is 14.4 Å². The molecule has 1 aliphatic heterocycles. The van der Waals surface area contributed by atoms with Gasteiger partial charge in [0.05, 0.1) is 17.5 Å². The van der Waals surface area contributed by atoms with Gasteiger partial charge in [-0.15, -0.1) is 0 Å². The summed E-state index contributed by atoms with van der Waals surface area (Å²) in [5, 5.41) is 15.2. The number of carbonyl (C=O) groups excluding carboxylic acids is 2. The van der Waals surface area contributed by atoms with Crippen LogP contribution in [-0.4, -0.2) is 35.0 Å². The SMILES string of the molecule is CC(C)(C)[C@@H]1NC(=O)CC[C@H]1NC(=O)CC1(C(=O)O)CCC1. The maximum Gasteiger partial charge on any atom is 0.310 e. The van der Waals surface area contributed by atoms with Gasteiger partial charge in [0.1, 0.15) is 0 Å². The van der Waals surface area contributed by atoms with E-state index in [9.17, 15) is 19.5 Å². The lowest BCUT2D eigenvalue weighted by molar-refractivity contribution is -0.157. The monoisotopic (exact) mass is 310 g/mol. The number of piperidine rings is 1. The van der Waals surface area contributed by atoms with E-state index in [1.54, 1.807) is 0 Å². The van der Waals surface area contributed by atoms with Crippen LogP contribution in [0.3, 0.4) is 0 Å². The van der Waals surface area contributed by atoms with Crippen molar-refractivity contribution >= 4 is 17.8 Å². The van der Waals surface area contributed by atoms with E-state index >= 15 is 0 Å². The predicted molar refractivity (Wildman–Crippen MR) is 81.1 cm³/mol. The Morgan fingerprint density at radius 3 is 2.45 bits per heavy atom. The Labute approximate surface area is 131 Å². The minimum Gasteiger partial charge on any atom is -0.481 e. The number of carbonyl (C=O) groups is 3. The van der Waals surface area contributed by atoms with E-state index < -0.39 is 11.4 Å². The van der Waals surface area contributed by atoms with Crippen molar-refractivity contribution in [1.29, 1.82) is 0 Å². The largest absolute Gasteiger partial charge is 0.481 e. The maximum absolute atomic E-state index is 12.3. The molecule has 0 unspecified atom stereocenters. The van der Waals surface area contributed by atoms with Gasteiger partial charge in [-0.2, -0.15) is 0 Å². The number of nitrogens with one attached hydrogen (secondary N) is 2. The average molecular weight is 310 g/mol.